The molecule has 1 amide bonds. The monoisotopic (exact) mass is 664 g/mol. The molecule has 4 rings (SSSR count). The fourth-order valence-electron chi connectivity index (χ4n) is 5.65. The fraction of sp³-hybridized carbons (Fsp3) is 0.375. The van der Waals surface area contributed by atoms with Gasteiger partial charge in [-0.15, -0.1) is 0 Å². The van der Waals surface area contributed by atoms with Crippen molar-refractivity contribution in [1.82, 2.24) is 9.21 Å². The quantitative estimate of drug-likeness (QED) is 0.208. The zero-order chi connectivity index (χ0) is 32.1. The van der Waals surface area contributed by atoms with E-state index in [2.05, 4.69) is 0 Å². The Kier molecular flexibility index (Phi) is 11.6. The smallest absolute Gasteiger partial charge is 0.306 e. The van der Waals surface area contributed by atoms with Gasteiger partial charge in [0, 0.05) is 28.7 Å². The van der Waals surface area contributed by atoms with Crippen LogP contribution in [0.15, 0.2) is 72.8 Å². The lowest BCUT2D eigenvalue weighted by Crippen LogP contribution is -2.59. The Hall–Kier alpha value is -2.86. The molecule has 6 atom stereocenters. The molecule has 0 saturated carbocycles. The molecule has 1 saturated heterocycles. The summed E-state index contributed by atoms with van der Waals surface area (Å²) in [6.07, 6.45) is -2.59. The summed E-state index contributed by atoms with van der Waals surface area (Å²) in [5, 5.41) is 10.6. The second kappa shape index (κ2) is 14.9. The van der Waals surface area contributed by atoms with Crippen molar-refractivity contribution in [3.05, 3.63) is 105 Å². The second-order valence-corrected chi connectivity index (χ2v) is 13.0. The van der Waals surface area contributed by atoms with E-state index in [9.17, 15) is 27.8 Å². The van der Waals surface area contributed by atoms with E-state index in [1.54, 1.807) is 78.6 Å². The third kappa shape index (κ3) is 8.04. The van der Waals surface area contributed by atoms with Crippen LogP contribution in [0.4, 0.5) is 4.39 Å². The molecule has 3 aromatic rings. The van der Waals surface area contributed by atoms with Crippen LogP contribution in [-0.4, -0.2) is 59.7 Å². The maximum Gasteiger partial charge on any atom is 0.306 e. The minimum atomic E-state index is -2.48. The van der Waals surface area contributed by atoms with Gasteiger partial charge < -0.3 is 14.7 Å². The van der Waals surface area contributed by atoms with Crippen molar-refractivity contribution < 1.29 is 32.6 Å². The van der Waals surface area contributed by atoms with Gasteiger partial charge in [0.25, 0.3) is 5.91 Å². The molecule has 0 spiro atoms. The number of hydrogen-bond donors (Lipinski definition) is 2. The van der Waals surface area contributed by atoms with Gasteiger partial charge in [-0.25, -0.2) is 8.60 Å². The Labute approximate surface area is 269 Å². The standard InChI is InChI=1S/C32H35Cl2FN2O6S/c1-19(2)27(18-36(44(41)42)20(3)15-22-7-4-5-10-26(22)35)37-30(21-11-13-24(33)14-12-21)31(23-8-6-9-25(34)16-23)43-28(32(37)40)17-29(38)39/h4-14,16,19-20,27-28,30-31H,15,17-18H2,1-3H3,(H,38,39)(H,41,42)/t20-,27?,28+,30+,31+/m0/s1. The largest absolute Gasteiger partial charge is 0.481 e. The Morgan fingerprint density at radius 2 is 1.70 bits per heavy atom. The number of benzene rings is 3. The fourth-order valence-corrected chi connectivity index (χ4v) is 6.64. The lowest BCUT2D eigenvalue weighted by Gasteiger charge is -2.50. The van der Waals surface area contributed by atoms with Gasteiger partial charge in [-0.1, -0.05) is 79.5 Å². The Bertz CT molecular complexity index is 1490. The second-order valence-electron chi connectivity index (χ2n) is 11.2. The number of morpholine rings is 1. The molecule has 0 aliphatic carbocycles. The van der Waals surface area contributed by atoms with Crippen LogP contribution in [0.5, 0.6) is 0 Å². The SMILES string of the molecule is CC(C)C(CN([C@@H](C)Cc1ccccc1F)S(=O)O)N1C(=O)[C@@H](CC(=O)O)O[C@H](c2cccc(Cl)c2)[C@H]1c1ccc(Cl)cc1. The van der Waals surface area contributed by atoms with Crippen LogP contribution in [0.1, 0.15) is 56.0 Å². The number of carbonyl (C=O) groups excluding carboxylic acids is 1. The first-order chi connectivity index (χ1) is 20.9. The van der Waals surface area contributed by atoms with Crippen LogP contribution in [0, 0.1) is 11.7 Å². The third-order valence-electron chi connectivity index (χ3n) is 7.84. The lowest BCUT2D eigenvalue weighted by molar-refractivity contribution is -0.185. The first-order valence-electron chi connectivity index (χ1n) is 14.2. The summed E-state index contributed by atoms with van der Waals surface area (Å²) in [6, 6.07) is 18.0. The van der Waals surface area contributed by atoms with Crippen molar-refractivity contribution in [3.63, 3.8) is 0 Å². The maximum absolute atomic E-state index is 14.5. The summed E-state index contributed by atoms with van der Waals surface area (Å²) in [5.74, 6) is -2.45. The van der Waals surface area contributed by atoms with Crippen molar-refractivity contribution in [3.8, 4) is 0 Å². The summed E-state index contributed by atoms with van der Waals surface area (Å²) in [7, 11) is 0. The first kappa shape index (κ1) is 34.0. The van der Waals surface area contributed by atoms with Gasteiger partial charge in [-0.3, -0.25) is 14.1 Å². The number of carboxylic acid groups (broad SMARTS) is 1. The Balaban J connectivity index is 1.82. The lowest BCUT2D eigenvalue weighted by atomic mass is 9.87. The van der Waals surface area contributed by atoms with Crippen molar-refractivity contribution in [2.45, 2.75) is 63.9 Å². The molecule has 1 aliphatic heterocycles. The van der Waals surface area contributed by atoms with Crippen LogP contribution in [0.2, 0.25) is 10.0 Å². The summed E-state index contributed by atoms with van der Waals surface area (Å²) in [6.45, 7) is 5.42. The molecule has 1 aliphatic rings. The number of amides is 1. The molecule has 3 aromatic carbocycles. The number of carboxylic acids is 1. The van der Waals surface area contributed by atoms with Gasteiger partial charge >= 0.3 is 5.97 Å². The van der Waals surface area contributed by atoms with Gasteiger partial charge in [-0.05, 0) is 66.3 Å². The van der Waals surface area contributed by atoms with E-state index in [1.807, 2.05) is 13.8 Å². The van der Waals surface area contributed by atoms with E-state index < -0.39 is 65.7 Å². The van der Waals surface area contributed by atoms with Crippen LogP contribution in [0.3, 0.4) is 0 Å². The minimum Gasteiger partial charge on any atom is -0.481 e. The van der Waals surface area contributed by atoms with E-state index in [0.717, 1.165) is 0 Å². The summed E-state index contributed by atoms with van der Waals surface area (Å²) in [4.78, 5) is 27.7. The summed E-state index contributed by atoms with van der Waals surface area (Å²) >= 11 is 10.1. The molecule has 2 N–H and O–H groups in total. The highest BCUT2D eigenvalue weighted by Crippen LogP contribution is 2.45. The van der Waals surface area contributed by atoms with Gasteiger partial charge in [0.15, 0.2) is 0 Å². The van der Waals surface area contributed by atoms with E-state index in [0.29, 0.717) is 26.7 Å². The molecule has 2 unspecified atom stereocenters. The Morgan fingerprint density at radius 3 is 2.30 bits per heavy atom. The van der Waals surface area contributed by atoms with Crippen LogP contribution in [0.25, 0.3) is 0 Å². The molecular weight excluding hydrogens is 630 g/mol. The van der Waals surface area contributed by atoms with Crippen molar-refractivity contribution in [1.29, 1.82) is 0 Å². The van der Waals surface area contributed by atoms with Crippen LogP contribution < -0.4 is 0 Å². The Morgan fingerprint density at radius 1 is 1.02 bits per heavy atom. The van der Waals surface area contributed by atoms with Crippen LogP contribution >= 0.6 is 23.2 Å². The highest BCUT2D eigenvalue weighted by Gasteiger charge is 2.48. The summed E-state index contributed by atoms with van der Waals surface area (Å²) in [5.41, 5.74) is 1.69. The van der Waals surface area contributed by atoms with Crippen molar-refractivity contribution in [2.75, 3.05) is 6.54 Å². The number of aliphatic carboxylic acids is 1. The summed E-state index contributed by atoms with van der Waals surface area (Å²) < 4.78 is 45.3. The number of rotatable bonds is 12. The van der Waals surface area contributed by atoms with E-state index in [-0.39, 0.29) is 18.9 Å². The average Bonchev–Trinajstić information content (AvgIpc) is 2.96. The van der Waals surface area contributed by atoms with Gasteiger partial charge in [-0.2, -0.15) is 4.31 Å². The zero-order valence-corrected chi connectivity index (χ0v) is 26.8. The molecule has 0 bridgehead atoms. The molecule has 236 valence electrons. The molecule has 0 aromatic heterocycles. The highest BCUT2D eigenvalue weighted by atomic mass is 35.5. The topological polar surface area (TPSA) is 107 Å². The van der Waals surface area contributed by atoms with E-state index in [4.69, 9.17) is 27.9 Å². The van der Waals surface area contributed by atoms with Crippen LogP contribution in [-0.2, 0) is 32.0 Å². The molecule has 1 heterocycles. The van der Waals surface area contributed by atoms with Crippen molar-refractivity contribution in [2.24, 2.45) is 5.92 Å². The maximum atomic E-state index is 14.5. The van der Waals surface area contributed by atoms with Gasteiger partial charge in [0.05, 0.1) is 12.5 Å². The molecular formula is C32H35Cl2FN2O6S. The first-order valence-corrected chi connectivity index (χ1v) is 16.0. The molecule has 1 fully saturated rings. The minimum absolute atomic E-state index is 0.0612. The molecule has 44 heavy (non-hydrogen) atoms. The molecule has 0 radical (unpaired) electrons. The molecule has 8 nitrogen and oxygen atoms in total. The number of nitrogens with zero attached hydrogens (tertiary/aromatic N) is 2. The van der Waals surface area contributed by atoms with Gasteiger partial charge in [0.1, 0.15) is 18.0 Å². The zero-order valence-electron chi connectivity index (χ0n) is 24.5. The number of ether oxygens (including phenoxy) is 1. The predicted octanol–water partition coefficient (Wildman–Crippen LogP) is 6.71. The average molecular weight is 666 g/mol. The van der Waals surface area contributed by atoms with E-state index in [1.165, 1.54) is 10.4 Å². The predicted molar refractivity (Wildman–Crippen MR) is 168 cm³/mol. The number of hydrogen-bond acceptors (Lipinski definition) is 4. The molecule has 12 heteroatoms. The third-order valence-corrected chi connectivity index (χ3v) is 9.23. The number of carbonyl (C=O) groups is 2. The highest BCUT2D eigenvalue weighted by molar-refractivity contribution is 7.76. The van der Waals surface area contributed by atoms with Crippen molar-refractivity contribution >= 4 is 46.3 Å². The van der Waals surface area contributed by atoms with Gasteiger partial charge in [0.2, 0.25) is 11.3 Å². The number of halogens is 3. The normalized spacial score (nSPS) is 21.0. The van der Waals surface area contributed by atoms with E-state index >= 15 is 0 Å².